The summed E-state index contributed by atoms with van der Waals surface area (Å²) in [5.74, 6) is 0.869. The molecule has 0 radical (unpaired) electrons. The van der Waals surface area contributed by atoms with E-state index in [1.165, 1.54) is 35.7 Å². The number of rotatable bonds is 4. The SMILES string of the molecule is CC(C)(O)Cc1cccc2c1ccn2CC1CCC1. The number of aliphatic hydroxyl groups is 1. The van der Waals surface area contributed by atoms with Crippen LogP contribution in [0.4, 0.5) is 0 Å². The number of hydrogen-bond acceptors (Lipinski definition) is 1. The number of benzene rings is 1. The summed E-state index contributed by atoms with van der Waals surface area (Å²) in [4.78, 5) is 0. The van der Waals surface area contributed by atoms with Gasteiger partial charge in [-0.1, -0.05) is 18.6 Å². The van der Waals surface area contributed by atoms with Gasteiger partial charge in [0.1, 0.15) is 0 Å². The molecule has 1 N–H and O–H groups in total. The second-order valence-corrected chi connectivity index (χ2v) is 6.60. The molecular formula is C17H23NO. The summed E-state index contributed by atoms with van der Waals surface area (Å²) in [6.45, 7) is 4.89. The smallest absolute Gasteiger partial charge is 0.0632 e. The van der Waals surface area contributed by atoms with Crippen LogP contribution < -0.4 is 0 Å². The van der Waals surface area contributed by atoms with Crippen LogP contribution in [-0.4, -0.2) is 15.3 Å². The Kier molecular flexibility index (Phi) is 3.14. The van der Waals surface area contributed by atoms with Gasteiger partial charge < -0.3 is 9.67 Å². The number of aromatic nitrogens is 1. The molecule has 0 saturated heterocycles. The average molecular weight is 257 g/mol. The van der Waals surface area contributed by atoms with Gasteiger partial charge in [-0.15, -0.1) is 0 Å². The van der Waals surface area contributed by atoms with E-state index in [-0.39, 0.29) is 0 Å². The molecule has 1 saturated carbocycles. The second-order valence-electron chi connectivity index (χ2n) is 6.60. The van der Waals surface area contributed by atoms with Gasteiger partial charge >= 0.3 is 0 Å². The van der Waals surface area contributed by atoms with Crippen LogP contribution in [0.5, 0.6) is 0 Å². The maximum Gasteiger partial charge on any atom is 0.0632 e. The molecule has 1 heterocycles. The fourth-order valence-electron chi connectivity index (χ4n) is 3.02. The van der Waals surface area contributed by atoms with Crippen molar-refractivity contribution < 1.29 is 5.11 Å². The fraction of sp³-hybridized carbons (Fsp3) is 0.529. The van der Waals surface area contributed by atoms with E-state index in [2.05, 4.69) is 35.0 Å². The highest BCUT2D eigenvalue weighted by atomic mass is 16.3. The molecule has 0 spiro atoms. The summed E-state index contributed by atoms with van der Waals surface area (Å²) in [5.41, 5.74) is 1.91. The van der Waals surface area contributed by atoms with Gasteiger partial charge in [-0.2, -0.15) is 0 Å². The van der Waals surface area contributed by atoms with Crippen molar-refractivity contribution in [2.75, 3.05) is 0 Å². The van der Waals surface area contributed by atoms with E-state index in [1.807, 2.05) is 13.8 Å². The van der Waals surface area contributed by atoms with Crippen molar-refractivity contribution in [3.8, 4) is 0 Å². The Balaban J connectivity index is 1.92. The molecule has 2 heteroatoms. The Labute approximate surface area is 115 Å². The molecule has 102 valence electrons. The normalized spacial score (nSPS) is 16.8. The molecule has 1 fully saturated rings. The molecular weight excluding hydrogens is 234 g/mol. The van der Waals surface area contributed by atoms with Crippen molar-refractivity contribution in [1.82, 2.24) is 4.57 Å². The lowest BCUT2D eigenvalue weighted by atomic mass is 9.85. The first-order chi connectivity index (χ1) is 9.03. The third-order valence-electron chi connectivity index (χ3n) is 4.21. The predicted molar refractivity (Wildman–Crippen MR) is 79.3 cm³/mol. The summed E-state index contributed by atoms with van der Waals surface area (Å²) in [6.07, 6.45) is 7.06. The Bertz CT molecular complexity index is 572. The Morgan fingerprint density at radius 3 is 2.68 bits per heavy atom. The summed E-state index contributed by atoms with van der Waals surface area (Å²) in [6, 6.07) is 8.64. The monoisotopic (exact) mass is 257 g/mol. The first-order valence-corrected chi connectivity index (χ1v) is 7.32. The van der Waals surface area contributed by atoms with Crippen LogP contribution in [0.15, 0.2) is 30.5 Å². The van der Waals surface area contributed by atoms with Crippen molar-refractivity contribution in [2.45, 2.75) is 51.7 Å². The van der Waals surface area contributed by atoms with Crippen molar-refractivity contribution >= 4 is 10.9 Å². The van der Waals surface area contributed by atoms with Crippen LogP contribution in [-0.2, 0) is 13.0 Å². The molecule has 0 aliphatic heterocycles. The third-order valence-corrected chi connectivity index (χ3v) is 4.21. The molecule has 0 bridgehead atoms. The Morgan fingerprint density at radius 1 is 1.26 bits per heavy atom. The second kappa shape index (κ2) is 4.68. The van der Waals surface area contributed by atoms with E-state index < -0.39 is 5.60 Å². The molecule has 1 aliphatic rings. The molecule has 2 nitrogen and oxygen atoms in total. The number of nitrogens with zero attached hydrogens (tertiary/aromatic N) is 1. The standard InChI is InChI=1S/C17H23NO/c1-17(2,19)11-14-7-4-8-16-15(14)9-10-18(16)12-13-5-3-6-13/h4,7-10,13,19H,3,5-6,11-12H2,1-2H3. The van der Waals surface area contributed by atoms with Gasteiger partial charge in [0, 0.05) is 30.1 Å². The highest BCUT2D eigenvalue weighted by Gasteiger charge is 2.19. The topological polar surface area (TPSA) is 25.2 Å². The van der Waals surface area contributed by atoms with Crippen LogP contribution in [0.3, 0.4) is 0 Å². The quantitative estimate of drug-likeness (QED) is 0.886. The van der Waals surface area contributed by atoms with Gasteiger partial charge in [0.05, 0.1) is 5.60 Å². The highest BCUT2D eigenvalue weighted by Crippen LogP contribution is 2.30. The minimum atomic E-state index is -0.648. The number of fused-ring (bicyclic) bond motifs is 1. The maximum absolute atomic E-state index is 10.0. The van der Waals surface area contributed by atoms with Gasteiger partial charge in [-0.25, -0.2) is 0 Å². The highest BCUT2D eigenvalue weighted by molar-refractivity contribution is 5.83. The lowest BCUT2D eigenvalue weighted by Crippen LogP contribution is -2.22. The molecule has 1 aromatic heterocycles. The van der Waals surface area contributed by atoms with Crippen molar-refractivity contribution in [2.24, 2.45) is 5.92 Å². The van der Waals surface area contributed by atoms with Gasteiger partial charge in [0.2, 0.25) is 0 Å². The van der Waals surface area contributed by atoms with Crippen molar-refractivity contribution in [3.63, 3.8) is 0 Å². The van der Waals surface area contributed by atoms with Crippen LogP contribution in [0.1, 0.15) is 38.7 Å². The zero-order chi connectivity index (χ0) is 13.5. The van der Waals surface area contributed by atoms with E-state index in [1.54, 1.807) is 0 Å². The first kappa shape index (κ1) is 12.7. The fourth-order valence-corrected chi connectivity index (χ4v) is 3.02. The van der Waals surface area contributed by atoms with Crippen LogP contribution in [0, 0.1) is 5.92 Å². The molecule has 0 atom stereocenters. The minimum absolute atomic E-state index is 0.648. The average Bonchev–Trinajstić information content (AvgIpc) is 2.66. The van der Waals surface area contributed by atoms with E-state index in [0.717, 1.165) is 12.5 Å². The molecule has 3 rings (SSSR count). The Morgan fingerprint density at radius 2 is 2.05 bits per heavy atom. The molecule has 0 amide bonds. The summed E-state index contributed by atoms with van der Waals surface area (Å²) >= 11 is 0. The lowest BCUT2D eigenvalue weighted by Gasteiger charge is -2.26. The van der Waals surface area contributed by atoms with Crippen LogP contribution >= 0.6 is 0 Å². The first-order valence-electron chi connectivity index (χ1n) is 7.32. The zero-order valence-electron chi connectivity index (χ0n) is 11.9. The van der Waals surface area contributed by atoms with E-state index in [0.29, 0.717) is 6.42 Å². The molecule has 1 aromatic carbocycles. The summed E-state index contributed by atoms with van der Waals surface area (Å²) in [5, 5.41) is 11.3. The lowest BCUT2D eigenvalue weighted by molar-refractivity contribution is 0.0813. The number of hydrogen-bond donors (Lipinski definition) is 1. The predicted octanol–water partition coefficient (Wildman–Crippen LogP) is 3.75. The van der Waals surface area contributed by atoms with Crippen molar-refractivity contribution in [3.05, 3.63) is 36.0 Å². The molecule has 19 heavy (non-hydrogen) atoms. The largest absolute Gasteiger partial charge is 0.390 e. The molecule has 1 aliphatic carbocycles. The van der Waals surface area contributed by atoms with Crippen molar-refractivity contribution in [1.29, 1.82) is 0 Å². The molecule has 0 unspecified atom stereocenters. The van der Waals surface area contributed by atoms with E-state index in [9.17, 15) is 5.11 Å². The molecule has 2 aromatic rings. The van der Waals surface area contributed by atoms with Gasteiger partial charge in [-0.3, -0.25) is 0 Å². The van der Waals surface area contributed by atoms with E-state index >= 15 is 0 Å². The minimum Gasteiger partial charge on any atom is -0.390 e. The maximum atomic E-state index is 10.0. The third kappa shape index (κ3) is 2.69. The van der Waals surface area contributed by atoms with Crippen LogP contribution in [0.2, 0.25) is 0 Å². The Hall–Kier alpha value is -1.28. The van der Waals surface area contributed by atoms with Gasteiger partial charge in [0.25, 0.3) is 0 Å². The van der Waals surface area contributed by atoms with Gasteiger partial charge in [-0.05, 0) is 50.3 Å². The zero-order valence-corrected chi connectivity index (χ0v) is 11.9. The summed E-state index contributed by atoms with van der Waals surface area (Å²) < 4.78 is 2.38. The summed E-state index contributed by atoms with van der Waals surface area (Å²) in [7, 11) is 0. The van der Waals surface area contributed by atoms with Crippen LogP contribution in [0.25, 0.3) is 10.9 Å². The van der Waals surface area contributed by atoms with E-state index in [4.69, 9.17) is 0 Å². The van der Waals surface area contributed by atoms with Gasteiger partial charge in [0.15, 0.2) is 0 Å².